The van der Waals surface area contributed by atoms with E-state index in [0.29, 0.717) is 26.6 Å². The van der Waals surface area contributed by atoms with Gasteiger partial charge in [-0.25, -0.2) is 9.50 Å². The van der Waals surface area contributed by atoms with Gasteiger partial charge in [-0.05, 0) is 49.1 Å². The van der Waals surface area contributed by atoms with Gasteiger partial charge in [-0.3, -0.25) is 4.79 Å². The Hall–Kier alpha value is -3.71. The third kappa shape index (κ3) is 4.78. The Kier molecular flexibility index (Phi) is 6.30. The van der Waals surface area contributed by atoms with Gasteiger partial charge in [-0.15, -0.1) is 11.3 Å². The number of benzene rings is 1. The molecule has 1 aliphatic rings. The lowest BCUT2D eigenvalue weighted by molar-refractivity contribution is -0.142. The van der Waals surface area contributed by atoms with Crippen LogP contribution in [0.2, 0.25) is 0 Å². The van der Waals surface area contributed by atoms with E-state index in [1.807, 2.05) is 6.92 Å². The van der Waals surface area contributed by atoms with E-state index in [4.69, 9.17) is 0 Å². The maximum Gasteiger partial charge on any atom is 0.433 e. The van der Waals surface area contributed by atoms with Crippen LogP contribution in [-0.2, 0) is 19.0 Å². The van der Waals surface area contributed by atoms with Crippen molar-refractivity contribution in [2.24, 2.45) is 11.3 Å². The number of thiophene rings is 1. The largest absolute Gasteiger partial charge is 0.433 e. The monoisotopic (exact) mass is 537 g/mol. The van der Waals surface area contributed by atoms with Crippen molar-refractivity contribution in [3.63, 3.8) is 0 Å². The molecule has 0 saturated heterocycles. The van der Waals surface area contributed by atoms with Crippen LogP contribution in [0.25, 0.3) is 16.9 Å². The van der Waals surface area contributed by atoms with Crippen LogP contribution in [-0.4, -0.2) is 20.5 Å². The molecule has 0 fully saturated rings. The fraction of sp³-hybridized carbons (Fsp3) is 0.357. The summed E-state index contributed by atoms with van der Waals surface area (Å²) in [7, 11) is 0. The van der Waals surface area contributed by atoms with E-state index >= 15 is 0 Å². The minimum absolute atomic E-state index is 0.0976. The van der Waals surface area contributed by atoms with E-state index < -0.39 is 17.8 Å². The lowest BCUT2D eigenvalue weighted by Crippen LogP contribution is -2.26. The van der Waals surface area contributed by atoms with E-state index in [0.717, 1.165) is 41.3 Å². The number of hydrogen-bond acceptors (Lipinski definition) is 5. The summed E-state index contributed by atoms with van der Waals surface area (Å²) in [4.78, 5) is 18.6. The lowest BCUT2D eigenvalue weighted by atomic mass is 9.72. The number of nitrogens with one attached hydrogen (secondary N) is 1. The molecule has 0 spiro atoms. The number of nitrogens with zero attached hydrogens (tertiary/aromatic N) is 4. The topological polar surface area (TPSA) is 83.1 Å². The van der Waals surface area contributed by atoms with Crippen LogP contribution in [0, 0.1) is 29.6 Å². The van der Waals surface area contributed by atoms with Crippen LogP contribution in [0.15, 0.2) is 36.4 Å². The number of fused-ring (bicyclic) bond motifs is 2. The second kappa shape index (κ2) is 9.24. The molecular formula is C28H26F3N5OS. The van der Waals surface area contributed by atoms with Crippen molar-refractivity contribution < 1.29 is 18.0 Å². The molecule has 38 heavy (non-hydrogen) atoms. The molecule has 1 amide bonds. The standard InChI is InChI=1S/C28H26F3N5OS/c1-15-5-7-16(8-6-15)20-12-23(28(29,30)31)36-24(33-20)13-21(35-36)25(37)34-26-19(14-32)18-10-9-17(27(2,3)4)11-22(18)38-26/h5-8,12-13,17H,9-11H2,1-4H3,(H,34,37)/t17-/m1/s1. The number of alkyl halides is 3. The van der Waals surface area contributed by atoms with Gasteiger partial charge in [0.15, 0.2) is 17.0 Å². The van der Waals surface area contributed by atoms with Gasteiger partial charge >= 0.3 is 6.18 Å². The third-order valence-electron chi connectivity index (χ3n) is 7.13. The summed E-state index contributed by atoms with van der Waals surface area (Å²) in [6.07, 6.45) is -2.19. The fourth-order valence-electron chi connectivity index (χ4n) is 4.86. The number of halogens is 3. The molecule has 1 aromatic carbocycles. The fourth-order valence-corrected chi connectivity index (χ4v) is 6.13. The van der Waals surface area contributed by atoms with E-state index in [1.165, 1.54) is 17.4 Å². The Morgan fingerprint density at radius 3 is 2.53 bits per heavy atom. The Morgan fingerprint density at radius 2 is 1.89 bits per heavy atom. The highest BCUT2D eigenvalue weighted by Gasteiger charge is 2.36. The average molecular weight is 538 g/mol. The third-order valence-corrected chi connectivity index (χ3v) is 8.30. The van der Waals surface area contributed by atoms with Crippen molar-refractivity contribution in [1.82, 2.24) is 14.6 Å². The van der Waals surface area contributed by atoms with Crippen molar-refractivity contribution >= 4 is 27.9 Å². The van der Waals surface area contributed by atoms with Crippen LogP contribution >= 0.6 is 11.3 Å². The highest BCUT2D eigenvalue weighted by Crippen LogP contribution is 2.44. The van der Waals surface area contributed by atoms with Gasteiger partial charge in [0.2, 0.25) is 0 Å². The smallest absolute Gasteiger partial charge is 0.311 e. The Balaban J connectivity index is 1.50. The average Bonchev–Trinajstić information content (AvgIpc) is 3.43. The van der Waals surface area contributed by atoms with E-state index in [-0.39, 0.29) is 22.5 Å². The number of amides is 1. The number of rotatable bonds is 3. The number of aromatic nitrogens is 3. The molecule has 0 radical (unpaired) electrons. The predicted molar refractivity (Wildman–Crippen MR) is 140 cm³/mol. The molecule has 3 aromatic heterocycles. The summed E-state index contributed by atoms with van der Waals surface area (Å²) in [5.41, 5.74) is 1.76. The second-order valence-corrected chi connectivity index (χ2v) is 11.9. The van der Waals surface area contributed by atoms with Crippen molar-refractivity contribution in [1.29, 1.82) is 5.26 Å². The number of carbonyl (C=O) groups excluding carboxylic acids is 1. The first kappa shape index (κ1) is 25.9. The zero-order valence-electron chi connectivity index (χ0n) is 21.4. The molecular weight excluding hydrogens is 511 g/mol. The van der Waals surface area contributed by atoms with Gasteiger partial charge in [0.1, 0.15) is 11.1 Å². The van der Waals surface area contributed by atoms with E-state index in [2.05, 4.69) is 42.2 Å². The number of carbonyl (C=O) groups is 1. The Morgan fingerprint density at radius 1 is 1.18 bits per heavy atom. The lowest BCUT2D eigenvalue weighted by Gasteiger charge is -2.33. The molecule has 5 rings (SSSR count). The van der Waals surface area contributed by atoms with E-state index in [9.17, 15) is 23.2 Å². The van der Waals surface area contributed by atoms with Crippen molar-refractivity contribution in [2.75, 3.05) is 5.32 Å². The van der Waals surface area contributed by atoms with Crippen LogP contribution in [0.1, 0.15) is 64.9 Å². The van der Waals surface area contributed by atoms with Gasteiger partial charge in [0.05, 0.1) is 11.3 Å². The van der Waals surface area contributed by atoms with Crippen molar-refractivity contribution in [3.05, 3.63) is 69.4 Å². The van der Waals surface area contributed by atoms with E-state index in [1.54, 1.807) is 24.3 Å². The molecule has 4 aromatic rings. The highest BCUT2D eigenvalue weighted by molar-refractivity contribution is 7.16. The minimum Gasteiger partial charge on any atom is -0.311 e. The number of aryl methyl sites for hydroxylation is 1. The van der Waals surface area contributed by atoms with Gasteiger partial charge in [0.25, 0.3) is 5.91 Å². The zero-order chi connectivity index (χ0) is 27.4. The number of hydrogen-bond donors (Lipinski definition) is 1. The molecule has 1 aliphatic carbocycles. The molecule has 0 unspecified atom stereocenters. The summed E-state index contributed by atoms with van der Waals surface area (Å²) in [6.45, 7) is 8.47. The summed E-state index contributed by atoms with van der Waals surface area (Å²) in [5.74, 6) is -0.236. The van der Waals surface area contributed by atoms with Gasteiger partial charge < -0.3 is 5.32 Å². The summed E-state index contributed by atoms with van der Waals surface area (Å²) in [6, 6.07) is 11.4. The molecule has 1 atom stereocenters. The van der Waals surface area contributed by atoms with Gasteiger partial charge in [-0.1, -0.05) is 50.6 Å². The first-order valence-electron chi connectivity index (χ1n) is 12.3. The molecule has 0 bridgehead atoms. The SMILES string of the molecule is Cc1ccc(-c2cc(C(F)(F)F)n3nc(C(=O)Nc4sc5c(c4C#N)CC[C@@H](C(C)(C)C)C5)cc3n2)cc1. The highest BCUT2D eigenvalue weighted by atomic mass is 32.1. The maximum absolute atomic E-state index is 14.0. The second-order valence-electron chi connectivity index (χ2n) is 10.8. The van der Waals surface area contributed by atoms with Gasteiger partial charge in [0, 0.05) is 16.5 Å². The minimum atomic E-state index is -4.72. The summed E-state index contributed by atoms with van der Waals surface area (Å²) >= 11 is 1.36. The normalized spacial score (nSPS) is 15.8. The molecule has 196 valence electrons. The molecule has 6 nitrogen and oxygen atoms in total. The first-order valence-corrected chi connectivity index (χ1v) is 13.1. The first-order chi connectivity index (χ1) is 17.8. The summed E-state index contributed by atoms with van der Waals surface area (Å²) in [5, 5.41) is 16.9. The quantitative estimate of drug-likeness (QED) is 0.303. The van der Waals surface area contributed by atoms with Crippen LogP contribution in [0.4, 0.5) is 18.2 Å². The van der Waals surface area contributed by atoms with Crippen LogP contribution < -0.4 is 5.32 Å². The van der Waals surface area contributed by atoms with Crippen LogP contribution in [0.3, 0.4) is 0 Å². The zero-order valence-corrected chi connectivity index (χ0v) is 22.2. The van der Waals surface area contributed by atoms with Crippen molar-refractivity contribution in [2.45, 2.75) is 53.1 Å². The number of anilines is 1. The predicted octanol–water partition coefficient (Wildman–Crippen LogP) is 7.06. The molecule has 1 N–H and O–H groups in total. The Labute approximate surface area is 222 Å². The van der Waals surface area contributed by atoms with Gasteiger partial charge in [-0.2, -0.15) is 23.5 Å². The van der Waals surface area contributed by atoms with Crippen LogP contribution in [0.5, 0.6) is 0 Å². The summed E-state index contributed by atoms with van der Waals surface area (Å²) < 4.78 is 42.5. The molecule has 3 heterocycles. The maximum atomic E-state index is 14.0. The number of nitriles is 1. The van der Waals surface area contributed by atoms with Crippen molar-refractivity contribution in [3.8, 4) is 17.3 Å². The molecule has 10 heteroatoms. The molecule has 0 saturated carbocycles. The Bertz CT molecular complexity index is 1590. The molecule has 0 aliphatic heterocycles.